The van der Waals surface area contributed by atoms with Crippen molar-refractivity contribution in [3.63, 3.8) is 0 Å². The predicted octanol–water partition coefficient (Wildman–Crippen LogP) is 5.35. The van der Waals surface area contributed by atoms with Gasteiger partial charge >= 0.3 is 0 Å². The van der Waals surface area contributed by atoms with Crippen LogP contribution in [0.15, 0.2) is 70.9 Å². The topological polar surface area (TPSA) is 62.0 Å². The van der Waals surface area contributed by atoms with Crippen LogP contribution in [0.1, 0.15) is 0 Å². The van der Waals surface area contributed by atoms with Gasteiger partial charge in [0, 0.05) is 22.2 Å². The van der Waals surface area contributed by atoms with Crippen molar-refractivity contribution in [3.8, 4) is 11.3 Å². The summed E-state index contributed by atoms with van der Waals surface area (Å²) in [6, 6.07) is 20.3. The summed E-state index contributed by atoms with van der Waals surface area (Å²) in [7, 11) is -3.68. The SMILES string of the molecule is O=S(=O)(Nc1ccccc1-c1cc2ccccc2[nH]1)c1ccc(Cl)s1. The zero-order valence-corrected chi connectivity index (χ0v) is 15.3. The minimum Gasteiger partial charge on any atom is -0.354 e. The van der Waals surface area contributed by atoms with Crippen molar-refractivity contribution in [3.05, 3.63) is 71.1 Å². The van der Waals surface area contributed by atoms with Gasteiger partial charge in [0.05, 0.1) is 10.0 Å². The lowest BCUT2D eigenvalue weighted by Gasteiger charge is -2.10. The molecule has 0 amide bonds. The number of sulfonamides is 1. The molecule has 0 saturated carbocycles. The van der Waals surface area contributed by atoms with E-state index >= 15 is 0 Å². The normalized spacial score (nSPS) is 11.7. The summed E-state index contributed by atoms with van der Waals surface area (Å²) in [5, 5.41) is 1.07. The van der Waals surface area contributed by atoms with Crippen molar-refractivity contribution in [1.29, 1.82) is 0 Å². The summed E-state index contributed by atoms with van der Waals surface area (Å²) >= 11 is 6.89. The number of anilines is 1. The molecular formula is C18H13ClN2O2S2. The number of aromatic amines is 1. The molecule has 0 aliphatic carbocycles. The van der Waals surface area contributed by atoms with Crippen LogP contribution in [0.3, 0.4) is 0 Å². The largest absolute Gasteiger partial charge is 0.354 e. The number of halogens is 1. The zero-order valence-electron chi connectivity index (χ0n) is 12.9. The highest BCUT2D eigenvalue weighted by Gasteiger charge is 2.19. The third kappa shape index (κ3) is 3.16. The molecule has 126 valence electrons. The number of hydrogen-bond donors (Lipinski definition) is 2. The number of para-hydroxylation sites is 2. The van der Waals surface area contributed by atoms with Crippen molar-refractivity contribution >= 4 is 49.6 Å². The summed E-state index contributed by atoms with van der Waals surface area (Å²) in [4.78, 5) is 3.33. The van der Waals surface area contributed by atoms with Crippen LogP contribution in [0, 0.1) is 0 Å². The molecule has 0 spiro atoms. The van der Waals surface area contributed by atoms with Gasteiger partial charge < -0.3 is 4.98 Å². The van der Waals surface area contributed by atoms with Crippen LogP contribution < -0.4 is 4.72 Å². The summed E-state index contributed by atoms with van der Waals surface area (Å²) in [6.07, 6.45) is 0. The van der Waals surface area contributed by atoms with Crippen LogP contribution >= 0.6 is 22.9 Å². The number of aromatic nitrogens is 1. The maximum Gasteiger partial charge on any atom is 0.271 e. The van der Waals surface area contributed by atoms with Crippen LogP contribution in [0.25, 0.3) is 22.2 Å². The molecule has 0 saturated heterocycles. The van der Waals surface area contributed by atoms with Crippen molar-refractivity contribution in [1.82, 2.24) is 4.98 Å². The Labute approximate surface area is 154 Å². The molecule has 0 bridgehead atoms. The van der Waals surface area contributed by atoms with Crippen molar-refractivity contribution in [2.24, 2.45) is 0 Å². The van der Waals surface area contributed by atoms with Gasteiger partial charge in [-0.05, 0) is 30.3 Å². The van der Waals surface area contributed by atoms with Crippen molar-refractivity contribution in [2.75, 3.05) is 4.72 Å². The third-order valence-electron chi connectivity index (χ3n) is 3.80. The first-order valence-corrected chi connectivity index (χ1v) is 10.2. The summed E-state index contributed by atoms with van der Waals surface area (Å²) in [6.45, 7) is 0. The second-order valence-corrected chi connectivity index (χ2v) is 9.10. The molecule has 2 aromatic heterocycles. The van der Waals surface area contributed by atoms with Crippen LogP contribution in [0.2, 0.25) is 4.34 Å². The van der Waals surface area contributed by atoms with E-state index in [1.165, 1.54) is 6.07 Å². The number of hydrogen-bond acceptors (Lipinski definition) is 3. The molecular weight excluding hydrogens is 376 g/mol. The van der Waals surface area contributed by atoms with E-state index in [0.29, 0.717) is 10.0 Å². The fourth-order valence-electron chi connectivity index (χ4n) is 2.66. The lowest BCUT2D eigenvalue weighted by atomic mass is 10.1. The summed E-state index contributed by atoms with van der Waals surface area (Å²) < 4.78 is 28.5. The maximum atomic E-state index is 12.6. The van der Waals surface area contributed by atoms with Crippen LogP contribution in [0.5, 0.6) is 0 Å². The monoisotopic (exact) mass is 388 g/mol. The van der Waals surface area contributed by atoms with Crippen LogP contribution in [-0.2, 0) is 10.0 Å². The first kappa shape index (κ1) is 16.2. The molecule has 2 aromatic carbocycles. The minimum absolute atomic E-state index is 0.184. The predicted molar refractivity (Wildman–Crippen MR) is 104 cm³/mol. The van der Waals surface area contributed by atoms with Gasteiger partial charge in [-0.25, -0.2) is 8.42 Å². The second kappa shape index (κ2) is 6.22. The number of nitrogens with one attached hydrogen (secondary N) is 2. The van der Waals surface area contributed by atoms with E-state index < -0.39 is 10.0 Å². The molecule has 0 fully saturated rings. The lowest BCUT2D eigenvalue weighted by molar-refractivity contribution is 0.603. The highest BCUT2D eigenvalue weighted by atomic mass is 35.5. The van der Waals surface area contributed by atoms with Crippen LogP contribution in [-0.4, -0.2) is 13.4 Å². The molecule has 4 rings (SSSR count). The Morgan fingerprint density at radius 1 is 0.960 bits per heavy atom. The molecule has 2 heterocycles. The van der Waals surface area contributed by atoms with E-state index in [-0.39, 0.29) is 4.21 Å². The van der Waals surface area contributed by atoms with E-state index in [4.69, 9.17) is 11.6 Å². The van der Waals surface area contributed by atoms with E-state index in [9.17, 15) is 8.42 Å². The second-order valence-electron chi connectivity index (χ2n) is 5.48. The van der Waals surface area contributed by atoms with Gasteiger partial charge in [-0.15, -0.1) is 11.3 Å². The Kier molecular flexibility index (Phi) is 4.03. The van der Waals surface area contributed by atoms with Gasteiger partial charge in [0.1, 0.15) is 4.21 Å². The first-order chi connectivity index (χ1) is 12.0. The minimum atomic E-state index is -3.68. The Morgan fingerprint density at radius 3 is 2.48 bits per heavy atom. The quantitative estimate of drug-likeness (QED) is 0.495. The number of H-pyrrole nitrogens is 1. The molecule has 0 atom stereocenters. The fraction of sp³-hybridized carbons (Fsp3) is 0. The number of rotatable bonds is 4. The molecule has 7 heteroatoms. The van der Waals surface area contributed by atoms with Gasteiger partial charge in [0.15, 0.2) is 0 Å². The standard InChI is InChI=1S/C18H13ClN2O2S2/c19-17-9-10-18(24-17)25(22,23)21-15-8-4-2-6-13(15)16-11-12-5-1-3-7-14(12)20-16/h1-11,20-21H. The Morgan fingerprint density at radius 2 is 1.72 bits per heavy atom. The third-order valence-corrected chi connectivity index (χ3v) is 6.89. The molecule has 0 unspecified atom stereocenters. The van der Waals surface area contributed by atoms with E-state index in [1.54, 1.807) is 18.2 Å². The maximum absolute atomic E-state index is 12.6. The smallest absolute Gasteiger partial charge is 0.271 e. The molecule has 0 aliphatic rings. The van der Waals surface area contributed by atoms with E-state index in [1.807, 2.05) is 42.5 Å². The molecule has 0 radical (unpaired) electrons. The average Bonchev–Trinajstić information content (AvgIpc) is 3.21. The average molecular weight is 389 g/mol. The highest BCUT2D eigenvalue weighted by Crippen LogP contribution is 2.33. The van der Waals surface area contributed by atoms with E-state index in [2.05, 4.69) is 9.71 Å². The Bertz CT molecular complexity index is 1130. The first-order valence-electron chi connectivity index (χ1n) is 7.48. The highest BCUT2D eigenvalue weighted by molar-refractivity contribution is 7.94. The lowest BCUT2D eigenvalue weighted by Crippen LogP contribution is -2.12. The van der Waals surface area contributed by atoms with Gasteiger partial charge in [0.2, 0.25) is 0 Å². The Hall–Kier alpha value is -2.28. The molecule has 4 nitrogen and oxygen atoms in total. The Balaban J connectivity index is 1.77. The van der Waals surface area contributed by atoms with Gasteiger partial charge in [0.25, 0.3) is 10.0 Å². The van der Waals surface area contributed by atoms with Gasteiger partial charge in [-0.3, -0.25) is 4.72 Å². The summed E-state index contributed by atoms with van der Waals surface area (Å²) in [5.41, 5.74) is 3.15. The molecule has 25 heavy (non-hydrogen) atoms. The van der Waals surface area contributed by atoms with Crippen molar-refractivity contribution in [2.45, 2.75) is 4.21 Å². The molecule has 0 aliphatic heterocycles. The molecule has 2 N–H and O–H groups in total. The van der Waals surface area contributed by atoms with E-state index in [0.717, 1.165) is 33.5 Å². The van der Waals surface area contributed by atoms with Gasteiger partial charge in [-0.2, -0.15) is 0 Å². The van der Waals surface area contributed by atoms with Crippen LogP contribution in [0.4, 0.5) is 5.69 Å². The fourth-order valence-corrected chi connectivity index (χ4v) is 5.23. The number of thiophene rings is 1. The molecule has 4 aromatic rings. The zero-order chi connectivity index (χ0) is 17.4. The van der Waals surface area contributed by atoms with Gasteiger partial charge in [-0.1, -0.05) is 48.0 Å². The number of fused-ring (bicyclic) bond motifs is 1. The number of benzene rings is 2. The summed E-state index contributed by atoms with van der Waals surface area (Å²) in [5.74, 6) is 0. The van der Waals surface area contributed by atoms with Crippen molar-refractivity contribution < 1.29 is 8.42 Å².